The summed E-state index contributed by atoms with van der Waals surface area (Å²) >= 11 is 0. The molecule has 0 aliphatic carbocycles. The molecule has 0 fully saturated rings. The van der Waals surface area contributed by atoms with Gasteiger partial charge < -0.3 is 10.7 Å². The van der Waals surface area contributed by atoms with Gasteiger partial charge in [-0.25, -0.2) is 10.4 Å². The average Bonchev–Trinajstić information content (AvgIpc) is 2.62. The largest absolute Gasteiger partial charge is 0.399 e. The Morgan fingerprint density at radius 1 is 1.47 bits per heavy atom. The van der Waals surface area contributed by atoms with Crippen LogP contribution in [-0.4, -0.2) is 29.9 Å². The van der Waals surface area contributed by atoms with Crippen LogP contribution < -0.4 is 16.6 Å². The molecular formula is C13H19N4+. The van der Waals surface area contributed by atoms with E-state index in [2.05, 4.69) is 23.8 Å². The summed E-state index contributed by atoms with van der Waals surface area (Å²) in [5.41, 5.74) is 9.16. The third kappa shape index (κ3) is 1.52. The smallest absolute Gasteiger partial charge is 0.151 e. The van der Waals surface area contributed by atoms with E-state index in [1.54, 1.807) is 0 Å². The number of anilines is 2. The van der Waals surface area contributed by atoms with Crippen molar-refractivity contribution in [3.05, 3.63) is 23.8 Å². The van der Waals surface area contributed by atoms with Crippen molar-refractivity contribution >= 4 is 17.6 Å². The minimum absolute atomic E-state index is 0.398. The van der Waals surface area contributed by atoms with E-state index < -0.39 is 0 Å². The van der Waals surface area contributed by atoms with Gasteiger partial charge in [0.05, 0.1) is 17.6 Å². The molecule has 0 spiro atoms. The molecular weight excluding hydrogens is 212 g/mol. The first-order chi connectivity index (χ1) is 8.20. The molecule has 17 heavy (non-hydrogen) atoms. The Labute approximate surface area is 101 Å². The molecule has 4 nitrogen and oxygen atoms in total. The van der Waals surface area contributed by atoms with Gasteiger partial charge >= 0.3 is 0 Å². The fraction of sp³-hybridized carbons (Fsp3) is 0.462. The van der Waals surface area contributed by atoms with Crippen LogP contribution in [0.2, 0.25) is 0 Å². The zero-order chi connectivity index (χ0) is 12.0. The van der Waals surface area contributed by atoms with Gasteiger partial charge in [-0.15, -0.1) is 0 Å². The van der Waals surface area contributed by atoms with E-state index in [4.69, 9.17) is 11.6 Å². The molecule has 0 saturated heterocycles. The number of fused-ring (bicyclic) bond motifs is 3. The van der Waals surface area contributed by atoms with Crippen LogP contribution in [0.5, 0.6) is 0 Å². The fourth-order valence-electron chi connectivity index (χ4n) is 3.03. The first-order valence-corrected chi connectivity index (χ1v) is 6.21. The van der Waals surface area contributed by atoms with Gasteiger partial charge in [0.15, 0.2) is 6.54 Å². The fourth-order valence-corrected chi connectivity index (χ4v) is 3.03. The molecule has 2 unspecified atom stereocenters. The number of likely N-dealkylation sites (N-methyl/N-ethyl adjacent to an activating group) is 1. The van der Waals surface area contributed by atoms with Crippen LogP contribution in [0.15, 0.2) is 18.2 Å². The second kappa shape index (κ2) is 3.74. The molecule has 90 valence electrons. The number of nitrogens with zero attached hydrogens (tertiary/aromatic N) is 2. The Morgan fingerprint density at radius 3 is 3.06 bits per heavy atom. The van der Waals surface area contributed by atoms with Crippen molar-refractivity contribution in [2.45, 2.75) is 25.3 Å². The normalized spacial score (nSPS) is 26.5. The maximum Gasteiger partial charge on any atom is 0.151 e. The van der Waals surface area contributed by atoms with Crippen molar-refractivity contribution in [1.29, 1.82) is 0 Å². The summed E-state index contributed by atoms with van der Waals surface area (Å²) in [5, 5.41) is 1.92. The van der Waals surface area contributed by atoms with Crippen molar-refractivity contribution in [2.75, 3.05) is 23.8 Å². The summed E-state index contributed by atoms with van der Waals surface area (Å²) in [4.78, 5) is 0. The van der Waals surface area contributed by atoms with Crippen molar-refractivity contribution in [2.24, 2.45) is 5.84 Å². The number of nitrogen functional groups attached to an aromatic ring is 1. The molecule has 2 aliphatic heterocycles. The van der Waals surface area contributed by atoms with Gasteiger partial charge in [0.25, 0.3) is 0 Å². The highest BCUT2D eigenvalue weighted by Crippen LogP contribution is 2.42. The van der Waals surface area contributed by atoms with Gasteiger partial charge in [-0.2, -0.15) is 0 Å². The number of hydrazine groups is 1. The molecule has 1 aromatic carbocycles. The zero-order valence-electron chi connectivity index (χ0n) is 10.1. The molecule has 2 heterocycles. The van der Waals surface area contributed by atoms with Crippen molar-refractivity contribution in [1.82, 2.24) is 0 Å². The predicted octanol–water partition coefficient (Wildman–Crippen LogP) is 0.922. The minimum atomic E-state index is 0.398. The van der Waals surface area contributed by atoms with E-state index in [0.717, 1.165) is 30.9 Å². The SMILES string of the molecule is CC[N+]1=CCC2C(C1)c1cc(N)ccc1N2N. The van der Waals surface area contributed by atoms with E-state index in [0.29, 0.717) is 12.0 Å². The van der Waals surface area contributed by atoms with Crippen LogP contribution in [-0.2, 0) is 0 Å². The first-order valence-electron chi connectivity index (χ1n) is 6.21. The van der Waals surface area contributed by atoms with Gasteiger partial charge in [0.1, 0.15) is 12.8 Å². The quantitative estimate of drug-likeness (QED) is 0.429. The molecule has 0 amide bonds. The van der Waals surface area contributed by atoms with E-state index in [9.17, 15) is 0 Å². The van der Waals surface area contributed by atoms with Crippen LogP contribution in [0, 0.1) is 0 Å². The first kappa shape index (κ1) is 10.6. The Bertz CT molecular complexity index is 480. The molecule has 4 N–H and O–H groups in total. The second-order valence-electron chi connectivity index (χ2n) is 4.91. The molecule has 2 aliphatic rings. The van der Waals surface area contributed by atoms with Crippen molar-refractivity contribution < 1.29 is 4.58 Å². The average molecular weight is 231 g/mol. The molecule has 0 saturated carbocycles. The van der Waals surface area contributed by atoms with E-state index >= 15 is 0 Å². The summed E-state index contributed by atoms with van der Waals surface area (Å²) < 4.78 is 2.37. The predicted molar refractivity (Wildman–Crippen MR) is 70.4 cm³/mol. The number of nitrogens with two attached hydrogens (primary N) is 2. The van der Waals surface area contributed by atoms with Crippen molar-refractivity contribution in [3.8, 4) is 0 Å². The van der Waals surface area contributed by atoms with Gasteiger partial charge in [0.2, 0.25) is 0 Å². The lowest BCUT2D eigenvalue weighted by Crippen LogP contribution is -2.45. The van der Waals surface area contributed by atoms with Gasteiger partial charge in [-0.1, -0.05) is 0 Å². The lowest BCUT2D eigenvalue weighted by molar-refractivity contribution is -0.528. The maximum absolute atomic E-state index is 6.19. The van der Waals surface area contributed by atoms with Gasteiger partial charge in [-0.05, 0) is 30.7 Å². The number of benzene rings is 1. The van der Waals surface area contributed by atoms with Crippen LogP contribution in [0.1, 0.15) is 24.8 Å². The third-order valence-corrected chi connectivity index (χ3v) is 3.99. The Morgan fingerprint density at radius 2 is 2.29 bits per heavy atom. The second-order valence-corrected chi connectivity index (χ2v) is 4.91. The topological polar surface area (TPSA) is 58.3 Å². The molecule has 1 aromatic rings. The van der Waals surface area contributed by atoms with Gasteiger partial charge in [0, 0.05) is 12.1 Å². The molecule has 4 heteroatoms. The molecule has 0 aromatic heterocycles. The summed E-state index contributed by atoms with van der Waals surface area (Å²) in [6.07, 6.45) is 3.29. The number of hydrogen-bond acceptors (Lipinski definition) is 3. The monoisotopic (exact) mass is 231 g/mol. The third-order valence-electron chi connectivity index (χ3n) is 3.99. The summed E-state index contributed by atoms with van der Waals surface area (Å²) in [6, 6.07) is 6.45. The van der Waals surface area contributed by atoms with Crippen LogP contribution in [0.4, 0.5) is 11.4 Å². The molecule has 0 bridgehead atoms. The Balaban J connectivity index is 2.03. The summed E-state index contributed by atoms with van der Waals surface area (Å²) in [5.74, 6) is 6.68. The zero-order valence-corrected chi connectivity index (χ0v) is 10.1. The van der Waals surface area contributed by atoms with Crippen LogP contribution in [0.25, 0.3) is 0 Å². The van der Waals surface area contributed by atoms with E-state index in [1.807, 2.05) is 17.1 Å². The highest BCUT2D eigenvalue weighted by atomic mass is 15.4. The Hall–Kier alpha value is -1.55. The highest BCUT2D eigenvalue weighted by Gasteiger charge is 2.41. The standard InChI is InChI=1S/C13H19N4/c1-2-16-6-5-13-11(8-16)10-7-9(14)3-4-12(10)17(13)15/h3-4,6-7,11,13H,2,5,8,14-15H2,1H3/q+1. The molecule has 3 rings (SSSR count). The highest BCUT2D eigenvalue weighted by molar-refractivity contribution is 5.68. The summed E-state index contributed by atoms with van der Waals surface area (Å²) in [6.45, 7) is 4.29. The number of rotatable bonds is 1. The number of hydrogen-bond donors (Lipinski definition) is 2. The van der Waals surface area contributed by atoms with E-state index in [-0.39, 0.29) is 0 Å². The van der Waals surface area contributed by atoms with Crippen LogP contribution in [0.3, 0.4) is 0 Å². The lowest BCUT2D eigenvalue weighted by atomic mass is 9.91. The summed E-state index contributed by atoms with van der Waals surface area (Å²) in [7, 11) is 0. The minimum Gasteiger partial charge on any atom is -0.399 e. The van der Waals surface area contributed by atoms with E-state index in [1.165, 1.54) is 5.56 Å². The molecule has 2 atom stereocenters. The molecule has 0 radical (unpaired) electrons. The van der Waals surface area contributed by atoms with Gasteiger partial charge in [-0.3, -0.25) is 0 Å². The van der Waals surface area contributed by atoms with Crippen molar-refractivity contribution in [3.63, 3.8) is 0 Å². The van der Waals surface area contributed by atoms with Crippen LogP contribution >= 0.6 is 0 Å². The maximum atomic E-state index is 6.19. The Kier molecular flexibility index (Phi) is 2.33. The lowest BCUT2D eigenvalue weighted by Gasteiger charge is -2.26.